The van der Waals surface area contributed by atoms with Gasteiger partial charge < -0.3 is 14.5 Å². The zero-order valence-electron chi connectivity index (χ0n) is 34.0. The van der Waals surface area contributed by atoms with Gasteiger partial charge in [0.05, 0.1) is 34.8 Å². The molecule has 7 aromatic rings. The summed E-state index contributed by atoms with van der Waals surface area (Å²) in [6, 6.07) is 36.9. The lowest BCUT2D eigenvalue weighted by Gasteiger charge is -2.23. The molecule has 0 amide bonds. The molecular formula is C46H47N5O. The van der Waals surface area contributed by atoms with Crippen molar-refractivity contribution in [3.63, 3.8) is 0 Å². The number of ether oxygens (including phenoxy) is 1. The maximum atomic E-state index is 8.34. The van der Waals surface area contributed by atoms with E-state index in [1.165, 1.54) is 21.6 Å². The van der Waals surface area contributed by atoms with E-state index in [0.29, 0.717) is 23.0 Å². The number of hydrogen-bond acceptors (Lipinski definition) is 5. The highest BCUT2D eigenvalue weighted by molar-refractivity contribution is 6.09. The summed E-state index contributed by atoms with van der Waals surface area (Å²) in [5.41, 5.74) is 8.91. The predicted molar refractivity (Wildman–Crippen MR) is 217 cm³/mol. The van der Waals surface area contributed by atoms with Crippen LogP contribution in [0.3, 0.4) is 0 Å². The van der Waals surface area contributed by atoms with E-state index >= 15 is 0 Å². The monoisotopic (exact) mass is 688 g/mol. The second-order valence-corrected chi connectivity index (χ2v) is 15.4. The number of aromatic nitrogens is 3. The molecule has 4 heterocycles. The zero-order valence-corrected chi connectivity index (χ0v) is 31.0. The SMILES string of the molecule is [2H]C([2H])([2H])N1CN(c2cc(Oc3ccc4c5ccccc5n(-c5cc(C(C)(C)C)ccn5)c4c3)cc(-c3c(C(C)C)cccc3C(C)C)n2)c2ccccc21. The Labute approximate surface area is 311 Å². The molecule has 0 saturated heterocycles. The minimum atomic E-state index is -2.33. The fraction of sp³-hybridized carbons (Fsp3) is 0.261. The molecule has 0 radical (unpaired) electrons. The summed E-state index contributed by atoms with van der Waals surface area (Å²) in [4.78, 5) is 13.6. The summed E-state index contributed by atoms with van der Waals surface area (Å²) in [5.74, 6) is 3.22. The van der Waals surface area contributed by atoms with Crippen LogP contribution in [0.5, 0.6) is 11.5 Å². The fourth-order valence-electron chi connectivity index (χ4n) is 7.48. The van der Waals surface area contributed by atoms with Gasteiger partial charge in [0.1, 0.15) is 23.1 Å². The number of hydrogen-bond donors (Lipinski definition) is 0. The first-order valence-corrected chi connectivity index (χ1v) is 18.2. The molecule has 3 aromatic heterocycles. The molecule has 0 fully saturated rings. The summed E-state index contributed by atoms with van der Waals surface area (Å²) in [5, 5.41) is 2.24. The van der Waals surface area contributed by atoms with E-state index < -0.39 is 6.98 Å². The molecule has 0 bridgehead atoms. The van der Waals surface area contributed by atoms with Gasteiger partial charge in [-0.3, -0.25) is 4.57 Å². The van der Waals surface area contributed by atoms with Crippen LogP contribution in [0.25, 0.3) is 38.9 Å². The lowest BCUT2D eigenvalue weighted by molar-refractivity contribution is 0.483. The Balaban J connectivity index is 1.31. The van der Waals surface area contributed by atoms with Crippen molar-refractivity contribution in [2.24, 2.45) is 0 Å². The lowest BCUT2D eigenvalue weighted by Crippen LogP contribution is -2.24. The highest BCUT2D eigenvalue weighted by Crippen LogP contribution is 2.44. The third-order valence-electron chi connectivity index (χ3n) is 10.2. The minimum absolute atomic E-state index is 0.0402. The fourth-order valence-corrected chi connectivity index (χ4v) is 7.48. The van der Waals surface area contributed by atoms with E-state index in [1.54, 1.807) is 0 Å². The van der Waals surface area contributed by atoms with E-state index in [-0.39, 0.29) is 23.9 Å². The van der Waals surface area contributed by atoms with Crippen molar-refractivity contribution in [1.29, 1.82) is 0 Å². The Morgan fingerprint density at radius 3 is 2.13 bits per heavy atom. The first kappa shape index (κ1) is 30.0. The topological polar surface area (TPSA) is 46.4 Å². The maximum absolute atomic E-state index is 8.34. The van der Waals surface area contributed by atoms with Gasteiger partial charge in [0.15, 0.2) is 0 Å². The predicted octanol–water partition coefficient (Wildman–Crippen LogP) is 12.1. The second-order valence-electron chi connectivity index (χ2n) is 15.4. The number of rotatable bonds is 7. The summed E-state index contributed by atoms with van der Waals surface area (Å²) in [6.07, 6.45) is 1.89. The van der Waals surface area contributed by atoms with Crippen LogP contribution in [0.1, 0.15) is 81.1 Å². The molecule has 0 spiro atoms. The third-order valence-corrected chi connectivity index (χ3v) is 10.2. The molecule has 6 nitrogen and oxygen atoms in total. The molecule has 52 heavy (non-hydrogen) atoms. The van der Waals surface area contributed by atoms with Gasteiger partial charge in [0, 0.05) is 51.8 Å². The lowest BCUT2D eigenvalue weighted by atomic mass is 9.87. The first-order valence-electron chi connectivity index (χ1n) is 19.7. The van der Waals surface area contributed by atoms with Crippen LogP contribution in [0.4, 0.5) is 17.2 Å². The van der Waals surface area contributed by atoms with Crippen LogP contribution in [-0.2, 0) is 5.41 Å². The van der Waals surface area contributed by atoms with E-state index in [9.17, 15) is 0 Å². The largest absolute Gasteiger partial charge is 0.457 e. The van der Waals surface area contributed by atoms with Crippen molar-refractivity contribution in [2.75, 3.05) is 23.4 Å². The standard InChI is InChI=1S/C46H47N5O/c1-29(2)34-15-13-16-35(30(3)4)45(34)38-25-33(27-44(48-38)50-28-49(8)40-18-11-12-19-41(40)50)52-32-20-21-37-36-14-9-10-17-39(36)51(42(37)26-32)43-24-31(22-23-47-43)46(5,6)7/h9-27,29-30H,28H2,1-8H3/i8D3. The molecule has 0 N–H and O–H groups in total. The highest BCUT2D eigenvalue weighted by atomic mass is 16.5. The molecule has 0 saturated carbocycles. The molecule has 6 heteroatoms. The number of benzene rings is 4. The molecule has 8 rings (SSSR count). The van der Waals surface area contributed by atoms with Gasteiger partial charge in [-0.2, -0.15) is 0 Å². The van der Waals surface area contributed by atoms with Gasteiger partial charge in [-0.25, -0.2) is 9.97 Å². The molecule has 0 aliphatic carbocycles. The van der Waals surface area contributed by atoms with Crippen molar-refractivity contribution < 1.29 is 8.85 Å². The molecular weight excluding hydrogens is 639 g/mol. The quantitative estimate of drug-likeness (QED) is 0.167. The van der Waals surface area contributed by atoms with Crippen LogP contribution >= 0.6 is 0 Å². The van der Waals surface area contributed by atoms with Crippen molar-refractivity contribution in [3.8, 4) is 28.6 Å². The number of para-hydroxylation sites is 3. The molecule has 0 unspecified atom stereocenters. The van der Waals surface area contributed by atoms with Crippen molar-refractivity contribution >= 4 is 39.0 Å². The van der Waals surface area contributed by atoms with Gasteiger partial charge in [-0.1, -0.05) is 97.0 Å². The van der Waals surface area contributed by atoms with Crippen LogP contribution in [0.2, 0.25) is 0 Å². The van der Waals surface area contributed by atoms with Crippen LogP contribution in [0, 0.1) is 0 Å². The summed E-state index contributed by atoms with van der Waals surface area (Å²) in [7, 11) is 0. The highest BCUT2D eigenvalue weighted by Gasteiger charge is 2.27. The van der Waals surface area contributed by atoms with Gasteiger partial charge >= 0.3 is 0 Å². The molecule has 0 atom stereocenters. The third kappa shape index (κ3) is 5.86. The van der Waals surface area contributed by atoms with Gasteiger partial charge in [0.2, 0.25) is 0 Å². The normalized spacial score (nSPS) is 14.3. The van der Waals surface area contributed by atoms with E-state index in [2.05, 4.69) is 120 Å². The first-order chi connectivity index (χ1) is 26.2. The number of fused-ring (bicyclic) bond motifs is 4. The van der Waals surface area contributed by atoms with E-state index in [1.807, 2.05) is 53.6 Å². The van der Waals surface area contributed by atoms with Crippen molar-refractivity contribution in [1.82, 2.24) is 14.5 Å². The summed E-state index contributed by atoms with van der Waals surface area (Å²) < 4.78 is 34.1. The van der Waals surface area contributed by atoms with Crippen LogP contribution < -0.4 is 14.5 Å². The van der Waals surface area contributed by atoms with E-state index in [4.69, 9.17) is 18.8 Å². The molecule has 1 aliphatic rings. The number of nitrogens with zero attached hydrogens (tertiary/aromatic N) is 5. The Bertz CT molecular complexity index is 2540. The Kier molecular flexibility index (Phi) is 7.43. The smallest absolute Gasteiger partial charge is 0.138 e. The number of anilines is 3. The average molecular weight is 689 g/mol. The Morgan fingerprint density at radius 2 is 1.40 bits per heavy atom. The maximum Gasteiger partial charge on any atom is 0.138 e. The molecule has 1 aliphatic heterocycles. The Hall–Kier alpha value is -5.62. The van der Waals surface area contributed by atoms with E-state index in [0.717, 1.165) is 44.6 Å². The average Bonchev–Trinajstić information content (AvgIpc) is 3.71. The zero-order chi connectivity index (χ0) is 38.8. The Morgan fingerprint density at radius 1 is 0.692 bits per heavy atom. The van der Waals surface area contributed by atoms with Crippen molar-refractivity contribution in [3.05, 3.63) is 132 Å². The van der Waals surface area contributed by atoms with Crippen LogP contribution in [0.15, 0.2) is 115 Å². The van der Waals surface area contributed by atoms with Gasteiger partial charge in [0.25, 0.3) is 0 Å². The van der Waals surface area contributed by atoms with Gasteiger partial charge in [-0.15, -0.1) is 0 Å². The molecule has 262 valence electrons. The van der Waals surface area contributed by atoms with Gasteiger partial charge in [-0.05, 0) is 76.4 Å². The minimum Gasteiger partial charge on any atom is -0.457 e. The number of pyridine rings is 2. The second kappa shape index (κ2) is 12.9. The van der Waals surface area contributed by atoms with Crippen molar-refractivity contribution in [2.45, 2.75) is 65.7 Å². The summed E-state index contributed by atoms with van der Waals surface area (Å²) >= 11 is 0. The molecule has 4 aromatic carbocycles. The summed E-state index contributed by atoms with van der Waals surface area (Å²) in [6.45, 7) is 13.3. The van der Waals surface area contributed by atoms with Crippen LogP contribution in [-0.4, -0.2) is 28.2 Å².